The van der Waals surface area contributed by atoms with Gasteiger partial charge in [0.15, 0.2) is 5.88 Å². The molecule has 0 bridgehead atoms. The van der Waals surface area contributed by atoms with E-state index in [9.17, 15) is 0 Å². The summed E-state index contributed by atoms with van der Waals surface area (Å²) in [6.45, 7) is 9.21. The van der Waals surface area contributed by atoms with Crippen LogP contribution in [0.4, 0.5) is 5.88 Å². The molecule has 1 aliphatic rings. The zero-order chi connectivity index (χ0) is 15.8. The van der Waals surface area contributed by atoms with Gasteiger partial charge < -0.3 is 9.32 Å². The third-order valence-electron chi connectivity index (χ3n) is 5.85. The Kier molecular flexibility index (Phi) is 3.80. The monoisotopic (exact) mass is 297 g/mol. The molecule has 0 saturated heterocycles. The second-order valence-electron chi connectivity index (χ2n) is 6.31. The number of fused-ring (bicyclic) bond motifs is 1. The van der Waals surface area contributed by atoms with Gasteiger partial charge in [-0.05, 0) is 42.9 Å². The van der Waals surface area contributed by atoms with Crippen molar-refractivity contribution in [2.24, 2.45) is 0 Å². The van der Waals surface area contributed by atoms with Crippen molar-refractivity contribution in [3.8, 4) is 0 Å². The van der Waals surface area contributed by atoms with E-state index >= 15 is 0 Å². The minimum Gasteiger partial charge on any atom is -0.449 e. The molecule has 0 unspecified atom stereocenters. The first-order chi connectivity index (χ1) is 10.7. The Hall–Kier alpha value is -1.70. The number of benzene rings is 1. The van der Waals surface area contributed by atoms with E-state index in [4.69, 9.17) is 4.42 Å². The summed E-state index contributed by atoms with van der Waals surface area (Å²) < 4.78 is 5.89. The zero-order valence-corrected chi connectivity index (χ0v) is 14.2. The second kappa shape index (κ2) is 5.49. The van der Waals surface area contributed by atoms with Crippen LogP contribution in [-0.4, -0.2) is 0 Å². The molecule has 0 amide bonds. The number of hydrogen-bond donors (Lipinski definition) is 0. The molecular formula is C20H27NO. The van der Waals surface area contributed by atoms with Crippen molar-refractivity contribution in [3.05, 3.63) is 53.8 Å². The predicted octanol–water partition coefficient (Wildman–Crippen LogP) is 5.83. The summed E-state index contributed by atoms with van der Waals surface area (Å²) in [5, 5.41) is 0. The molecule has 0 atom stereocenters. The standard InChI is InChI=1S/C20H27NO/c1-5-19(6-2)16-12-9-10-13-17(16)20(7-3,8-4)21(19)18-14-11-15-22-18/h9-15H,5-8H2,1-4H3. The van der Waals surface area contributed by atoms with E-state index in [1.165, 1.54) is 11.1 Å². The van der Waals surface area contributed by atoms with E-state index in [0.717, 1.165) is 31.6 Å². The molecule has 1 aromatic carbocycles. The summed E-state index contributed by atoms with van der Waals surface area (Å²) in [7, 11) is 0. The molecule has 2 aromatic rings. The average Bonchev–Trinajstić information content (AvgIpc) is 3.17. The number of furan rings is 1. The predicted molar refractivity (Wildman–Crippen MR) is 92.1 cm³/mol. The van der Waals surface area contributed by atoms with Crippen LogP contribution in [-0.2, 0) is 11.1 Å². The summed E-state index contributed by atoms with van der Waals surface area (Å²) >= 11 is 0. The Balaban J connectivity index is 2.33. The lowest BCUT2D eigenvalue weighted by Gasteiger charge is -2.47. The molecule has 0 N–H and O–H groups in total. The van der Waals surface area contributed by atoms with Crippen LogP contribution in [0, 0.1) is 0 Å². The summed E-state index contributed by atoms with van der Waals surface area (Å²) in [5.41, 5.74) is 3.03. The topological polar surface area (TPSA) is 16.4 Å². The number of anilines is 1. The van der Waals surface area contributed by atoms with Crippen molar-refractivity contribution < 1.29 is 4.42 Å². The fourth-order valence-corrected chi connectivity index (χ4v) is 4.66. The van der Waals surface area contributed by atoms with Gasteiger partial charge in [0.25, 0.3) is 0 Å². The SMILES string of the molecule is CCC1(CC)c2ccccc2C(CC)(CC)N1c1ccco1. The molecule has 1 aliphatic heterocycles. The first-order valence-corrected chi connectivity index (χ1v) is 8.64. The van der Waals surface area contributed by atoms with Crippen LogP contribution in [0.15, 0.2) is 47.1 Å². The van der Waals surface area contributed by atoms with Gasteiger partial charge in [-0.25, -0.2) is 0 Å². The largest absolute Gasteiger partial charge is 0.449 e. The van der Waals surface area contributed by atoms with E-state index in [0.29, 0.717) is 0 Å². The van der Waals surface area contributed by atoms with Gasteiger partial charge in [-0.15, -0.1) is 0 Å². The van der Waals surface area contributed by atoms with Gasteiger partial charge in [0, 0.05) is 6.07 Å². The second-order valence-corrected chi connectivity index (χ2v) is 6.31. The minimum atomic E-state index is 0.0282. The summed E-state index contributed by atoms with van der Waals surface area (Å²) in [5.74, 6) is 1.00. The maximum Gasteiger partial charge on any atom is 0.196 e. The summed E-state index contributed by atoms with van der Waals surface area (Å²) in [4.78, 5) is 2.59. The van der Waals surface area contributed by atoms with Gasteiger partial charge >= 0.3 is 0 Å². The van der Waals surface area contributed by atoms with Crippen molar-refractivity contribution in [1.82, 2.24) is 0 Å². The normalized spacial score (nSPS) is 18.5. The highest BCUT2D eigenvalue weighted by molar-refractivity contribution is 5.59. The fourth-order valence-electron chi connectivity index (χ4n) is 4.66. The molecule has 22 heavy (non-hydrogen) atoms. The van der Waals surface area contributed by atoms with Crippen LogP contribution in [0.3, 0.4) is 0 Å². The van der Waals surface area contributed by atoms with E-state index in [1.54, 1.807) is 6.26 Å². The molecule has 0 saturated carbocycles. The Morgan fingerprint density at radius 1 is 0.773 bits per heavy atom. The highest BCUT2D eigenvalue weighted by Crippen LogP contribution is 2.57. The molecule has 0 aliphatic carbocycles. The van der Waals surface area contributed by atoms with E-state index in [-0.39, 0.29) is 11.1 Å². The van der Waals surface area contributed by atoms with E-state index in [2.05, 4.69) is 62.9 Å². The maximum atomic E-state index is 5.89. The van der Waals surface area contributed by atoms with Crippen LogP contribution in [0.25, 0.3) is 0 Å². The molecule has 3 rings (SSSR count). The van der Waals surface area contributed by atoms with Gasteiger partial charge in [0.1, 0.15) is 0 Å². The Bertz CT molecular complexity index is 582. The quantitative estimate of drug-likeness (QED) is 0.690. The van der Waals surface area contributed by atoms with Crippen molar-refractivity contribution in [2.75, 3.05) is 4.90 Å². The van der Waals surface area contributed by atoms with Gasteiger partial charge in [0.05, 0.1) is 17.3 Å². The third-order valence-corrected chi connectivity index (χ3v) is 5.85. The Labute approximate surface area is 134 Å². The van der Waals surface area contributed by atoms with E-state index in [1.807, 2.05) is 6.07 Å². The highest BCUT2D eigenvalue weighted by atomic mass is 16.3. The average molecular weight is 297 g/mol. The van der Waals surface area contributed by atoms with Gasteiger partial charge in [-0.3, -0.25) is 0 Å². The molecular weight excluding hydrogens is 270 g/mol. The highest BCUT2D eigenvalue weighted by Gasteiger charge is 2.55. The molecule has 0 radical (unpaired) electrons. The van der Waals surface area contributed by atoms with E-state index < -0.39 is 0 Å². The minimum absolute atomic E-state index is 0.0282. The molecule has 1 aromatic heterocycles. The van der Waals surface area contributed by atoms with Crippen LogP contribution in [0.2, 0.25) is 0 Å². The molecule has 2 heteroatoms. The molecule has 0 fully saturated rings. The van der Waals surface area contributed by atoms with Crippen LogP contribution < -0.4 is 4.90 Å². The van der Waals surface area contributed by atoms with Crippen molar-refractivity contribution >= 4 is 5.88 Å². The zero-order valence-electron chi connectivity index (χ0n) is 14.2. The van der Waals surface area contributed by atoms with Crippen molar-refractivity contribution in [1.29, 1.82) is 0 Å². The van der Waals surface area contributed by atoms with Gasteiger partial charge in [-0.2, -0.15) is 0 Å². The summed E-state index contributed by atoms with van der Waals surface area (Å²) in [6, 6.07) is 13.1. The third kappa shape index (κ3) is 1.73. The Morgan fingerprint density at radius 2 is 1.27 bits per heavy atom. The molecule has 2 nitrogen and oxygen atoms in total. The van der Waals surface area contributed by atoms with Crippen molar-refractivity contribution in [2.45, 2.75) is 64.5 Å². The molecule has 0 spiro atoms. The number of rotatable bonds is 5. The van der Waals surface area contributed by atoms with Gasteiger partial charge in [-0.1, -0.05) is 52.0 Å². The fraction of sp³-hybridized carbons (Fsp3) is 0.500. The lowest BCUT2D eigenvalue weighted by Crippen LogP contribution is -2.50. The Morgan fingerprint density at radius 3 is 1.64 bits per heavy atom. The van der Waals surface area contributed by atoms with Crippen molar-refractivity contribution in [3.63, 3.8) is 0 Å². The molecule has 118 valence electrons. The number of hydrogen-bond acceptors (Lipinski definition) is 2. The number of nitrogens with zero attached hydrogens (tertiary/aromatic N) is 1. The van der Waals surface area contributed by atoms with Crippen LogP contribution in [0.1, 0.15) is 64.5 Å². The lowest BCUT2D eigenvalue weighted by atomic mass is 9.83. The smallest absolute Gasteiger partial charge is 0.196 e. The first kappa shape index (κ1) is 15.2. The first-order valence-electron chi connectivity index (χ1n) is 8.64. The van der Waals surface area contributed by atoms with Crippen LogP contribution in [0.5, 0.6) is 0 Å². The van der Waals surface area contributed by atoms with Gasteiger partial charge in [0.2, 0.25) is 0 Å². The lowest BCUT2D eigenvalue weighted by molar-refractivity contribution is 0.268. The maximum absolute atomic E-state index is 5.89. The van der Waals surface area contributed by atoms with Crippen LogP contribution >= 0.6 is 0 Å². The summed E-state index contributed by atoms with van der Waals surface area (Å²) in [6.07, 6.45) is 6.14. The molecule has 2 heterocycles.